The standard InChI is InChI=1S/C19H14BrN3O2S2/c1-9-3-5-12(7-10(9)2)21-18(25)15-16-22-17(24)13-8-11(20)4-6-14(13)23(16)19(26)27-15/h3-8H,1-2H3,(H,21,25)(H,22,24). The number of aromatic nitrogens is 2. The molecule has 2 aromatic carbocycles. The van der Waals surface area contributed by atoms with Crippen molar-refractivity contribution in [3.05, 3.63) is 71.2 Å². The zero-order chi connectivity index (χ0) is 19.3. The molecule has 0 saturated carbocycles. The molecule has 0 aliphatic heterocycles. The number of halogens is 1. The smallest absolute Gasteiger partial charge is 0.269 e. The predicted octanol–water partition coefficient (Wildman–Crippen LogP) is 5.20. The molecule has 2 heterocycles. The second-order valence-corrected chi connectivity index (χ2v) is 8.81. The Morgan fingerprint density at radius 2 is 1.96 bits per heavy atom. The van der Waals surface area contributed by atoms with Gasteiger partial charge in [-0.05, 0) is 67.5 Å². The van der Waals surface area contributed by atoms with E-state index < -0.39 is 0 Å². The summed E-state index contributed by atoms with van der Waals surface area (Å²) in [5.41, 5.74) is 3.76. The average molecular weight is 460 g/mol. The van der Waals surface area contributed by atoms with Crippen molar-refractivity contribution < 1.29 is 4.79 Å². The number of nitrogens with zero attached hydrogens (tertiary/aromatic N) is 1. The molecule has 0 radical (unpaired) electrons. The van der Waals surface area contributed by atoms with Crippen molar-refractivity contribution in [1.82, 2.24) is 9.38 Å². The van der Waals surface area contributed by atoms with Crippen molar-refractivity contribution in [2.45, 2.75) is 13.8 Å². The molecule has 1 amide bonds. The Kier molecular flexibility index (Phi) is 4.49. The molecule has 0 aliphatic carbocycles. The van der Waals surface area contributed by atoms with Gasteiger partial charge in [0.15, 0.2) is 3.95 Å². The van der Waals surface area contributed by atoms with Crippen molar-refractivity contribution in [2.75, 3.05) is 5.32 Å². The van der Waals surface area contributed by atoms with E-state index in [0.717, 1.165) is 15.6 Å². The van der Waals surface area contributed by atoms with Crippen LogP contribution < -0.4 is 10.9 Å². The lowest BCUT2D eigenvalue weighted by Gasteiger charge is -2.07. The van der Waals surface area contributed by atoms with Crippen LogP contribution in [0.25, 0.3) is 16.6 Å². The van der Waals surface area contributed by atoms with Gasteiger partial charge in [-0.2, -0.15) is 0 Å². The number of aryl methyl sites for hydroxylation is 2. The summed E-state index contributed by atoms with van der Waals surface area (Å²) in [6.07, 6.45) is 0. The highest BCUT2D eigenvalue weighted by atomic mass is 79.9. The van der Waals surface area contributed by atoms with Gasteiger partial charge in [0.1, 0.15) is 10.5 Å². The average Bonchev–Trinajstić information content (AvgIpc) is 2.95. The molecule has 4 rings (SSSR count). The lowest BCUT2D eigenvalue weighted by Crippen LogP contribution is -2.15. The minimum absolute atomic E-state index is 0.265. The topological polar surface area (TPSA) is 66.4 Å². The predicted molar refractivity (Wildman–Crippen MR) is 116 cm³/mol. The summed E-state index contributed by atoms with van der Waals surface area (Å²) < 4.78 is 3.03. The number of fused-ring (bicyclic) bond motifs is 3. The van der Waals surface area contributed by atoms with E-state index in [-0.39, 0.29) is 11.5 Å². The molecular formula is C19H14BrN3O2S2. The van der Waals surface area contributed by atoms with E-state index in [4.69, 9.17) is 12.2 Å². The summed E-state index contributed by atoms with van der Waals surface area (Å²) >= 11 is 10.0. The van der Waals surface area contributed by atoms with Crippen LogP contribution in [0.4, 0.5) is 5.69 Å². The zero-order valence-corrected chi connectivity index (χ0v) is 17.6. The zero-order valence-electron chi connectivity index (χ0n) is 14.4. The molecule has 136 valence electrons. The van der Waals surface area contributed by atoms with E-state index in [1.807, 2.05) is 44.2 Å². The first-order valence-electron chi connectivity index (χ1n) is 8.11. The van der Waals surface area contributed by atoms with Gasteiger partial charge in [0.05, 0.1) is 10.9 Å². The number of anilines is 1. The SMILES string of the molecule is Cc1ccc(NC(=O)c2sc(=S)n3c2[nH]c(=O)c2cc(Br)ccc23)cc1C. The van der Waals surface area contributed by atoms with Gasteiger partial charge >= 0.3 is 0 Å². The van der Waals surface area contributed by atoms with E-state index >= 15 is 0 Å². The van der Waals surface area contributed by atoms with Gasteiger partial charge in [-0.3, -0.25) is 14.0 Å². The summed E-state index contributed by atoms with van der Waals surface area (Å²) in [6, 6.07) is 11.1. The number of H-pyrrole nitrogens is 1. The Hall–Kier alpha value is -2.29. The molecular weight excluding hydrogens is 446 g/mol. The van der Waals surface area contributed by atoms with Crippen LogP contribution >= 0.6 is 39.5 Å². The maximum absolute atomic E-state index is 12.8. The minimum atomic E-state index is -0.302. The third kappa shape index (κ3) is 3.13. The fraction of sp³-hybridized carbons (Fsp3) is 0.105. The lowest BCUT2D eigenvalue weighted by molar-refractivity contribution is 0.103. The molecule has 2 N–H and O–H groups in total. The number of benzene rings is 2. The lowest BCUT2D eigenvalue weighted by atomic mass is 10.1. The minimum Gasteiger partial charge on any atom is -0.321 e. The number of rotatable bonds is 2. The van der Waals surface area contributed by atoms with Gasteiger partial charge in [0.2, 0.25) is 0 Å². The highest BCUT2D eigenvalue weighted by molar-refractivity contribution is 9.10. The van der Waals surface area contributed by atoms with Crippen LogP contribution in [0.1, 0.15) is 20.8 Å². The summed E-state index contributed by atoms with van der Waals surface area (Å²) in [6.45, 7) is 4.01. The first kappa shape index (κ1) is 18.1. The van der Waals surface area contributed by atoms with E-state index in [1.54, 1.807) is 10.5 Å². The monoisotopic (exact) mass is 459 g/mol. The Morgan fingerprint density at radius 3 is 2.70 bits per heavy atom. The fourth-order valence-electron chi connectivity index (χ4n) is 2.93. The number of hydrogen-bond donors (Lipinski definition) is 2. The number of carbonyl (C=O) groups excluding carboxylic acids is 1. The second-order valence-electron chi connectivity index (χ2n) is 6.25. The van der Waals surface area contributed by atoms with E-state index in [1.165, 1.54) is 11.3 Å². The number of aromatic amines is 1. The highest BCUT2D eigenvalue weighted by Gasteiger charge is 2.18. The van der Waals surface area contributed by atoms with Gasteiger partial charge in [-0.1, -0.05) is 33.3 Å². The summed E-state index contributed by atoms with van der Waals surface area (Å²) in [7, 11) is 0. The summed E-state index contributed by atoms with van der Waals surface area (Å²) in [4.78, 5) is 28.5. The Morgan fingerprint density at radius 1 is 1.19 bits per heavy atom. The van der Waals surface area contributed by atoms with Crippen molar-refractivity contribution >= 4 is 67.6 Å². The molecule has 0 bridgehead atoms. The molecule has 0 atom stereocenters. The maximum atomic E-state index is 12.8. The van der Waals surface area contributed by atoms with Crippen LogP contribution in [0, 0.1) is 17.8 Å². The van der Waals surface area contributed by atoms with Gasteiger partial charge in [0, 0.05) is 10.2 Å². The molecule has 2 aromatic heterocycles. The molecule has 27 heavy (non-hydrogen) atoms. The largest absolute Gasteiger partial charge is 0.321 e. The van der Waals surface area contributed by atoms with Gasteiger partial charge in [-0.15, -0.1) is 0 Å². The van der Waals surface area contributed by atoms with E-state index in [0.29, 0.717) is 31.1 Å². The number of nitrogens with one attached hydrogen (secondary N) is 2. The number of hydrogen-bond acceptors (Lipinski definition) is 4. The molecule has 8 heteroatoms. The normalized spacial score (nSPS) is 11.2. The quantitative estimate of drug-likeness (QED) is 0.404. The third-order valence-corrected chi connectivity index (χ3v) is 6.32. The van der Waals surface area contributed by atoms with Crippen LogP contribution in [-0.2, 0) is 0 Å². The maximum Gasteiger partial charge on any atom is 0.269 e. The van der Waals surface area contributed by atoms with Crippen molar-refractivity contribution in [3.8, 4) is 0 Å². The van der Waals surface area contributed by atoms with Crippen LogP contribution in [0.5, 0.6) is 0 Å². The van der Waals surface area contributed by atoms with Crippen molar-refractivity contribution in [2.24, 2.45) is 0 Å². The molecule has 0 aliphatic rings. The number of amides is 1. The molecule has 5 nitrogen and oxygen atoms in total. The summed E-state index contributed by atoms with van der Waals surface area (Å²) in [5.74, 6) is -0.302. The molecule has 0 spiro atoms. The molecule has 0 saturated heterocycles. The van der Waals surface area contributed by atoms with E-state index in [2.05, 4.69) is 26.2 Å². The fourth-order valence-corrected chi connectivity index (χ4v) is 4.57. The van der Waals surface area contributed by atoms with Gasteiger partial charge in [0.25, 0.3) is 11.5 Å². The van der Waals surface area contributed by atoms with Crippen molar-refractivity contribution in [1.29, 1.82) is 0 Å². The first-order valence-corrected chi connectivity index (χ1v) is 10.1. The Labute approximate surface area is 171 Å². The highest BCUT2D eigenvalue weighted by Crippen LogP contribution is 2.25. The van der Waals surface area contributed by atoms with Crippen molar-refractivity contribution in [3.63, 3.8) is 0 Å². The third-order valence-electron chi connectivity index (χ3n) is 4.46. The molecule has 0 fully saturated rings. The van der Waals surface area contributed by atoms with Crippen LogP contribution in [-0.4, -0.2) is 15.3 Å². The number of carbonyl (C=O) groups is 1. The first-order chi connectivity index (χ1) is 12.8. The van der Waals surface area contributed by atoms with Crippen LogP contribution in [0.2, 0.25) is 0 Å². The molecule has 0 unspecified atom stereocenters. The van der Waals surface area contributed by atoms with Gasteiger partial charge < -0.3 is 10.3 Å². The van der Waals surface area contributed by atoms with Crippen LogP contribution in [0.3, 0.4) is 0 Å². The Balaban J connectivity index is 1.87. The summed E-state index contributed by atoms with van der Waals surface area (Å²) in [5, 5.41) is 3.40. The van der Waals surface area contributed by atoms with E-state index in [9.17, 15) is 9.59 Å². The van der Waals surface area contributed by atoms with Crippen LogP contribution in [0.15, 0.2) is 45.7 Å². The molecule has 4 aromatic rings. The number of thiazole rings is 1. The second kappa shape index (κ2) is 6.70. The Bertz CT molecular complexity index is 1350. The van der Waals surface area contributed by atoms with Gasteiger partial charge in [-0.25, -0.2) is 0 Å².